The molecule has 0 saturated carbocycles. The van der Waals surface area contributed by atoms with Crippen molar-refractivity contribution in [1.29, 1.82) is 0 Å². The van der Waals surface area contributed by atoms with Crippen LogP contribution in [-0.4, -0.2) is 30.0 Å². The highest BCUT2D eigenvalue weighted by atomic mass is 16.6. The van der Waals surface area contributed by atoms with Crippen LogP contribution in [0.15, 0.2) is 18.2 Å². The molecular weight excluding hydrogens is 302 g/mol. The Morgan fingerprint density at radius 2 is 1.92 bits per heavy atom. The summed E-state index contributed by atoms with van der Waals surface area (Å²) in [5, 5.41) is 12.9. The number of aliphatic hydroxyl groups is 1. The monoisotopic (exact) mass is 335 g/mol. The van der Waals surface area contributed by atoms with Gasteiger partial charge in [0.05, 0.1) is 6.61 Å². The maximum Gasteiger partial charge on any atom is 0.407 e. The first-order chi connectivity index (χ1) is 11.1. The van der Waals surface area contributed by atoms with Crippen molar-refractivity contribution < 1.29 is 14.6 Å². The first-order valence-electron chi connectivity index (χ1n) is 8.75. The third kappa shape index (κ3) is 6.52. The Hall–Kier alpha value is -1.55. The summed E-state index contributed by atoms with van der Waals surface area (Å²) in [6.07, 6.45) is 2.09. The summed E-state index contributed by atoms with van der Waals surface area (Å²) in [6.45, 7) is 12.2. The first kappa shape index (κ1) is 20.5. The molecule has 1 amide bonds. The molecule has 4 nitrogen and oxygen atoms in total. The van der Waals surface area contributed by atoms with E-state index in [1.165, 1.54) is 16.7 Å². The molecule has 0 aliphatic heterocycles. The molecule has 24 heavy (non-hydrogen) atoms. The molecule has 0 aliphatic carbocycles. The molecular formula is C20H33NO3. The number of ether oxygens (including phenoxy) is 1. The number of rotatable bonds is 7. The molecule has 1 atom stereocenters. The van der Waals surface area contributed by atoms with Crippen LogP contribution in [0.2, 0.25) is 0 Å². The van der Waals surface area contributed by atoms with E-state index >= 15 is 0 Å². The summed E-state index contributed by atoms with van der Waals surface area (Å²) >= 11 is 0. The van der Waals surface area contributed by atoms with Gasteiger partial charge in [-0.2, -0.15) is 0 Å². The van der Waals surface area contributed by atoms with Gasteiger partial charge in [0.1, 0.15) is 5.60 Å². The van der Waals surface area contributed by atoms with Crippen LogP contribution in [0.25, 0.3) is 0 Å². The quantitative estimate of drug-likeness (QED) is 0.787. The highest BCUT2D eigenvalue weighted by Gasteiger charge is 2.31. The Morgan fingerprint density at radius 1 is 1.25 bits per heavy atom. The average molecular weight is 335 g/mol. The third-order valence-electron chi connectivity index (χ3n) is 4.19. The van der Waals surface area contributed by atoms with E-state index in [4.69, 9.17) is 4.74 Å². The Labute approximate surface area is 146 Å². The molecule has 4 heteroatoms. The highest BCUT2D eigenvalue weighted by molar-refractivity contribution is 5.67. The van der Waals surface area contributed by atoms with Crippen molar-refractivity contribution in [1.82, 2.24) is 5.32 Å². The minimum atomic E-state index is -0.524. The van der Waals surface area contributed by atoms with E-state index in [-0.39, 0.29) is 12.0 Å². The molecule has 1 aromatic carbocycles. The van der Waals surface area contributed by atoms with Crippen LogP contribution in [0.4, 0.5) is 4.79 Å². The van der Waals surface area contributed by atoms with Crippen molar-refractivity contribution in [2.75, 3.05) is 13.2 Å². The fourth-order valence-electron chi connectivity index (χ4n) is 2.93. The van der Waals surface area contributed by atoms with Crippen LogP contribution in [0.1, 0.15) is 57.2 Å². The van der Waals surface area contributed by atoms with E-state index in [1.54, 1.807) is 0 Å². The molecule has 0 heterocycles. The minimum Gasteiger partial charge on any atom is -0.444 e. The lowest BCUT2D eigenvalue weighted by molar-refractivity contribution is 0.0455. The number of carbonyl (C=O) groups is 1. The fourth-order valence-corrected chi connectivity index (χ4v) is 2.93. The Balaban J connectivity index is 2.89. The molecule has 0 radical (unpaired) electrons. The normalized spacial score (nSPS) is 14.1. The van der Waals surface area contributed by atoms with Crippen LogP contribution >= 0.6 is 0 Å². The second-order valence-electron chi connectivity index (χ2n) is 7.87. The van der Waals surface area contributed by atoms with E-state index in [9.17, 15) is 9.90 Å². The minimum absolute atomic E-state index is 0.0318. The first-order valence-corrected chi connectivity index (χ1v) is 8.75. The molecule has 0 bridgehead atoms. The van der Waals surface area contributed by atoms with Gasteiger partial charge < -0.3 is 15.2 Å². The smallest absolute Gasteiger partial charge is 0.407 e. The number of aryl methyl sites for hydroxylation is 2. The summed E-state index contributed by atoms with van der Waals surface area (Å²) in [4.78, 5) is 12.0. The van der Waals surface area contributed by atoms with Crippen molar-refractivity contribution in [3.05, 3.63) is 34.9 Å². The lowest BCUT2D eigenvalue weighted by atomic mass is 9.77. The lowest BCUT2D eigenvalue weighted by Gasteiger charge is -2.33. The fraction of sp³-hybridized carbons (Fsp3) is 0.650. The standard InChI is InChI=1S/C20H33NO3/c1-7-10-20(14-22,13-21-18(23)24-19(4,5)6)12-17-11-15(2)8-9-16(17)3/h8-9,11,22H,7,10,12-14H2,1-6H3,(H,21,23). The van der Waals surface area contributed by atoms with Crippen molar-refractivity contribution in [3.63, 3.8) is 0 Å². The van der Waals surface area contributed by atoms with Gasteiger partial charge in [-0.15, -0.1) is 0 Å². The van der Waals surface area contributed by atoms with Crippen LogP contribution in [0.5, 0.6) is 0 Å². The third-order valence-corrected chi connectivity index (χ3v) is 4.19. The Morgan fingerprint density at radius 3 is 2.46 bits per heavy atom. The zero-order chi connectivity index (χ0) is 18.4. The molecule has 0 fully saturated rings. The van der Waals surface area contributed by atoms with E-state index in [2.05, 4.69) is 44.3 Å². The predicted molar refractivity (Wildman–Crippen MR) is 98.3 cm³/mol. The number of hydrogen-bond donors (Lipinski definition) is 2. The largest absolute Gasteiger partial charge is 0.444 e. The van der Waals surface area contributed by atoms with Gasteiger partial charge in [0.25, 0.3) is 0 Å². The molecule has 0 aliphatic rings. The molecule has 2 N–H and O–H groups in total. The maximum atomic E-state index is 12.0. The second-order valence-corrected chi connectivity index (χ2v) is 7.87. The van der Waals surface area contributed by atoms with Crippen molar-refractivity contribution in [2.45, 2.75) is 66.4 Å². The molecule has 1 unspecified atom stereocenters. The lowest BCUT2D eigenvalue weighted by Crippen LogP contribution is -2.43. The van der Waals surface area contributed by atoms with Crippen molar-refractivity contribution in [3.8, 4) is 0 Å². The second kappa shape index (κ2) is 8.52. The Bertz CT molecular complexity index is 548. The molecule has 1 aromatic rings. The average Bonchev–Trinajstić information content (AvgIpc) is 2.47. The topological polar surface area (TPSA) is 58.6 Å². The SMILES string of the molecule is CCCC(CO)(CNC(=O)OC(C)(C)C)Cc1cc(C)ccc1C. The maximum absolute atomic E-state index is 12.0. The zero-order valence-corrected chi connectivity index (χ0v) is 16.0. The number of amides is 1. The van der Waals surface area contributed by atoms with E-state index < -0.39 is 11.7 Å². The number of benzene rings is 1. The summed E-state index contributed by atoms with van der Waals surface area (Å²) < 4.78 is 5.32. The van der Waals surface area contributed by atoms with E-state index in [1.807, 2.05) is 20.8 Å². The summed E-state index contributed by atoms with van der Waals surface area (Å²) in [5.74, 6) is 0. The van der Waals surface area contributed by atoms with Crippen LogP contribution in [-0.2, 0) is 11.2 Å². The number of aliphatic hydroxyl groups excluding tert-OH is 1. The van der Waals surface area contributed by atoms with Crippen LogP contribution < -0.4 is 5.32 Å². The Kier molecular flexibility index (Phi) is 7.27. The van der Waals surface area contributed by atoms with Crippen molar-refractivity contribution >= 4 is 6.09 Å². The van der Waals surface area contributed by atoms with Crippen LogP contribution in [0, 0.1) is 19.3 Å². The summed E-state index contributed by atoms with van der Waals surface area (Å²) in [6, 6.07) is 6.38. The van der Waals surface area contributed by atoms with Gasteiger partial charge in [0.15, 0.2) is 0 Å². The summed E-state index contributed by atoms with van der Waals surface area (Å²) in [5.41, 5.74) is 2.75. The summed E-state index contributed by atoms with van der Waals surface area (Å²) in [7, 11) is 0. The predicted octanol–water partition coefficient (Wildman–Crippen LogP) is 4.15. The van der Waals surface area contributed by atoms with Gasteiger partial charge >= 0.3 is 6.09 Å². The molecule has 0 saturated heterocycles. The van der Waals surface area contributed by atoms with Crippen LogP contribution in [0.3, 0.4) is 0 Å². The van der Waals surface area contributed by atoms with Gasteiger partial charge in [0, 0.05) is 12.0 Å². The molecule has 1 rings (SSSR count). The van der Waals surface area contributed by atoms with E-state index in [0.717, 1.165) is 19.3 Å². The number of alkyl carbamates (subject to hydrolysis) is 1. The van der Waals surface area contributed by atoms with Gasteiger partial charge in [-0.1, -0.05) is 37.1 Å². The van der Waals surface area contributed by atoms with Crippen molar-refractivity contribution in [2.24, 2.45) is 5.41 Å². The highest BCUT2D eigenvalue weighted by Crippen LogP contribution is 2.30. The molecule has 0 aromatic heterocycles. The number of carbonyl (C=O) groups excluding carboxylic acids is 1. The number of nitrogens with one attached hydrogen (secondary N) is 1. The molecule has 136 valence electrons. The zero-order valence-electron chi connectivity index (χ0n) is 16.0. The van der Waals surface area contributed by atoms with Gasteiger partial charge in [-0.25, -0.2) is 4.79 Å². The van der Waals surface area contributed by atoms with Gasteiger partial charge in [-0.3, -0.25) is 0 Å². The van der Waals surface area contributed by atoms with E-state index in [0.29, 0.717) is 6.54 Å². The molecule has 0 spiro atoms. The van der Waals surface area contributed by atoms with Gasteiger partial charge in [0.2, 0.25) is 0 Å². The van der Waals surface area contributed by atoms with Gasteiger partial charge in [-0.05, 0) is 58.6 Å². The number of hydrogen-bond acceptors (Lipinski definition) is 3.